The van der Waals surface area contributed by atoms with E-state index in [4.69, 9.17) is 13.7 Å². The zero-order valence-corrected chi connectivity index (χ0v) is 18.1. The van der Waals surface area contributed by atoms with E-state index in [-0.39, 0.29) is 10.9 Å². The highest BCUT2D eigenvalue weighted by atomic mass is 28.4. The van der Waals surface area contributed by atoms with Crippen molar-refractivity contribution in [1.29, 1.82) is 0 Å². The number of hydrogen-bond acceptors (Lipinski definition) is 3. The lowest BCUT2D eigenvalue weighted by molar-refractivity contribution is 0.00578. The second-order valence-electron chi connectivity index (χ2n) is 9.49. The van der Waals surface area contributed by atoms with Gasteiger partial charge in [-0.1, -0.05) is 32.9 Å². The molecule has 0 amide bonds. The molecule has 0 N–H and O–H groups in total. The van der Waals surface area contributed by atoms with Gasteiger partial charge in [-0.25, -0.2) is 4.39 Å². The van der Waals surface area contributed by atoms with Crippen LogP contribution in [0.2, 0.25) is 18.1 Å². The van der Waals surface area contributed by atoms with Gasteiger partial charge >= 0.3 is 7.12 Å². The molecule has 1 aromatic rings. The molecular formula is C19H32BFO3Si. The smallest absolute Gasteiger partial charge is 0.412 e. The third kappa shape index (κ3) is 4.18. The molecular weight excluding hydrogens is 334 g/mol. The maximum Gasteiger partial charge on any atom is 0.494 e. The second kappa shape index (κ2) is 6.48. The minimum atomic E-state index is -1.90. The van der Waals surface area contributed by atoms with Crippen molar-refractivity contribution in [3.63, 3.8) is 0 Å². The molecule has 1 heterocycles. The van der Waals surface area contributed by atoms with Gasteiger partial charge in [0.15, 0.2) is 8.32 Å². The Balaban J connectivity index is 2.12. The topological polar surface area (TPSA) is 27.7 Å². The Morgan fingerprint density at radius 2 is 1.60 bits per heavy atom. The molecule has 0 bridgehead atoms. The second-order valence-corrected chi connectivity index (χ2v) is 14.3. The molecule has 0 radical (unpaired) electrons. The van der Waals surface area contributed by atoms with Crippen LogP contribution in [0.4, 0.5) is 4.39 Å². The van der Waals surface area contributed by atoms with E-state index in [9.17, 15) is 4.39 Å². The van der Waals surface area contributed by atoms with Crippen molar-refractivity contribution in [1.82, 2.24) is 0 Å². The molecule has 0 aromatic heterocycles. The van der Waals surface area contributed by atoms with Gasteiger partial charge in [-0.2, -0.15) is 0 Å². The minimum Gasteiger partial charge on any atom is -0.412 e. The third-order valence-electron chi connectivity index (χ3n) is 6.00. The van der Waals surface area contributed by atoms with Crippen molar-refractivity contribution in [3.8, 4) is 0 Å². The number of benzene rings is 1. The van der Waals surface area contributed by atoms with E-state index in [0.29, 0.717) is 17.6 Å². The van der Waals surface area contributed by atoms with Gasteiger partial charge in [0.05, 0.1) is 17.8 Å². The minimum absolute atomic E-state index is 0.103. The maximum absolute atomic E-state index is 14.6. The molecule has 0 spiro atoms. The van der Waals surface area contributed by atoms with Crippen LogP contribution in [0.3, 0.4) is 0 Å². The van der Waals surface area contributed by atoms with Gasteiger partial charge in [0.2, 0.25) is 0 Å². The van der Waals surface area contributed by atoms with Crippen molar-refractivity contribution >= 4 is 20.9 Å². The average molecular weight is 366 g/mol. The highest BCUT2D eigenvalue weighted by molar-refractivity contribution is 6.74. The molecule has 0 saturated carbocycles. The van der Waals surface area contributed by atoms with Crippen molar-refractivity contribution in [2.24, 2.45) is 0 Å². The first-order chi connectivity index (χ1) is 11.2. The molecule has 140 valence electrons. The largest absolute Gasteiger partial charge is 0.494 e. The number of hydrogen-bond donors (Lipinski definition) is 0. The summed E-state index contributed by atoms with van der Waals surface area (Å²) in [6.45, 7) is 19.1. The third-order valence-corrected chi connectivity index (χ3v) is 10.5. The lowest BCUT2D eigenvalue weighted by Gasteiger charge is -2.36. The summed E-state index contributed by atoms with van der Waals surface area (Å²) in [4.78, 5) is 0. The lowest BCUT2D eigenvalue weighted by atomic mass is 9.79. The van der Waals surface area contributed by atoms with Gasteiger partial charge in [-0.3, -0.25) is 0 Å². The van der Waals surface area contributed by atoms with Crippen LogP contribution in [0.1, 0.15) is 54.0 Å². The Morgan fingerprint density at radius 3 is 2.04 bits per heavy atom. The van der Waals surface area contributed by atoms with Crippen LogP contribution in [0.15, 0.2) is 18.2 Å². The predicted octanol–water partition coefficient (Wildman–Crippen LogP) is 4.65. The highest BCUT2D eigenvalue weighted by Crippen LogP contribution is 2.38. The summed E-state index contributed by atoms with van der Waals surface area (Å²) >= 11 is 0. The van der Waals surface area contributed by atoms with Gasteiger partial charge in [0.25, 0.3) is 0 Å². The van der Waals surface area contributed by atoms with E-state index >= 15 is 0 Å². The Morgan fingerprint density at radius 1 is 1.08 bits per heavy atom. The van der Waals surface area contributed by atoms with E-state index in [2.05, 4.69) is 33.9 Å². The average Bonchev–Trinajstić information content (AvgIpc) is 2.65. The molecule has 1 aliphatic heterocycles. The van der Waals surface area contributed by atoms with Crippen LogP contribution in [-0.2, 0) is 20.3 Å². The Labute approximate surface area is 153 Å². The molecule has 1 aliphatic rings. The summed E-state index contributed by atoms with van der Waals surface area (Å²) in [5.74, 6) is -0.272. The van der Waals surface area contributed by atoms with Crippen LogP contribution in [-0.4, -0.2) is 26.6 Å². The first-order valence-electron chi connectivity index (χ1n) is 8.94. The van der Waals surface area contributed by atoms with E-state index in [0.717, 1.165) is 0 Å². The standard InChI is InChI=1S/C19H32BFO3Si/c1-17(2,3)25(8,9)22-13-14-10-11-15(12-16(14)21)20-23-18(4,5)19(6,7)24-20/h10-12H,13H2,1-9H3. The SMILES string of the molecule is CC1(C)OB(c2ccc(CO[Si](C)(C)C(C)(C)C)c(F)c2)OC1(C)C. The molecule has 3 nitrogen and oxygen atoms in total. The van der Waals surface area contributed by atoms with Crippen LogP contribution >= 0.6 is 0 Å². The van der Waals surface area contributed by atoms with Gasteiger partial charge in [0, 0.05) is 5.56 Å². The monoisotopic (exact) mass is 366 g/mol. The summed E-state index contributed by atoms with van der Waals surface area (Å²) in [6, 6.07) is 5.16. The maximum atomic E-state index is 14.6. The van der Waals surface area contributed by atoms with Gasteiger partial charge in [0.1, 0.15) is 5.82 Å². The van der Waals surface area contributed by atoms with Crippen LogP contribution in [0.5, 0.6) is 0 Å². The van der Waals surface area contributed by atoms with Crippen LogP contribution < -0.4 is 5.46 Å². The van der Waals surface area contributed by atoms with Gasteiger partial charge in [-0.15, -0.1) is 0 Å². The molecule has 6 heteroatoms. The summed E-state index contributed by atoms with van der Waals surface area (Å²) in [5, 5.41) is 0.103. The normalized spacial score (nSPS) is 20.2. The van der Waals surface area contributed by atoms with E-state index in [1.165, 1.54) is 6.07 Å². The zero-order chi connectivity index (χ0) is 19.3. The fourth-order valence-corrected chi connectivity index (χ4v) is 3.23. The van der Waals surface area contributed by atoms with E-state index in [1.807, 2.05) is 33.8 Å². The Bertz CT molecular complexity index is 622. The van der Waals surface area contributed by atoms with Gasteiger partial charge in [-0.05, 0) is 57.4 Å². The van der Waals surface area contributed by atoms with Gasteiger partial charge < -0.3 is 13.7 Å². The molecule has 1 saturated heterocycles. The quantitative estimate of drug-likeness (QED) is 0.726. The van der Waals surface area contributed by atoms with E-state index < -0.39 is 26.6 Å². The highest BCUT2D eigenvalue weighted by Gasteiger charge is 2.51. The molecule has 2 rings (SSSR count). The fourth-order valence-electron chi connectivity index (χ4n) is 2.28. The molecule has 25 heavy (non-hydrogen) atoms. The first kappa shape index (κ1) is 20.6. The lowest BCUT2D eigenvalue weighted by Crippen LogP contribution is -2.41. The van der Waals surface area contributed by atoms with Crippen molar-refractivity contribution in [3.05, 3.63) is 29.6 Å². The Kier molecular flexibility index (Phi) is 5.35. The fraction of sp³-hybridized carbons (Fsp3) is 0.684. The van der Waals surface area contributed by atoms with E-state index in [1.54, 1.807) is 6.07 Å². The van der Waals surface area contributed by atoms with Crippen molar-refractivity contribution in [2.45, 2.75) is 84.4 Å². The molecule has 1 fully saturated rings. The predicted molar refractivity (Wildman–Crippen MR) is 104 cm³/mol. The molecule has 0 unspecified atom stereocenters. The summed E-state index contributed by atoms with van der Waals surface area (Å²) in [7, 11) is -2.45. The summed E-state index contributed by atoms with van der Waals surface area (Å²) in [6.07, 6.45) is 0. The molecule has 0 aliphatic carbocycles. The first-order valence-corrected chi connectivity index (χ1v) is 11.8. The summed E-state index contributed by atoms with van der Waals surface area (Å²) in [5.41, 5.74) is 0.411. The van der Waals surface area contributed by atoms with Crippen molar-refractivity contribution in [2.75, 3.05) is 0 Å². The van der Waals surface area contributed by atoms with Crippen molar-refractivity contribution < 1.29 is 18.1 Å². The van der Waals surface area contributed by atoms with Crippen LogP contribution in [0.25, 0.3) is 0 Å². The molecule has 1 aromatic carbocycles. The number of halogens is 1. The zero-order valence-electron chi connectivity index (χ0n) is 17.1. The Hall–Kier alpha value is -0.688. The number of rotatable bonds is 4. The molecule has 0 atom stereocenters. The summed E-state index contributed by atoms with van der Waals surface area (Å²) < 4.78 is 32.7. The van der Waals surface area contributed by atoms with Crippen LogP contribution in [0, 0.1) is 5.82 Å².